The van der Waals surface area contributed by atoms with E-state index in [0.717, 1.165) is 27.8 Å². The van der Waals surface area contributed by atoms with Crippen LogP contribution in [0.1, 0.15) is 35.6 Å². The van der Waals surface area contributed by atoms with E-state index in [1.165, 1.54) is 0 Å². The van der Waals surface area contributed by atoms with E-state index in [1.54, 1.807) is 11.5 Å². The van der Waals surface area contributed by atoms with Gasteiger partial charge in [-0.2, -0.15) is 0 Å². The molecule has 1 aliphatic heterocycles. The molecule has 0 radical (unpaired) electrons. The van der Waals surface area contributed by atoms with Crippen molar-refractivity contribution in [2.45, 2.75) is 25.4 Å². The Kier molecular flexibility index (Phi) is 7.66. The van der Waals surface area contributed by atoms with Gasteiger partial charge in [0.15, 0.2) is 5.78 Å². The number of esters is 1. The summed E-state index contributed by atoms with van der Waals surface area (Å²) in [5, 5.41) is 0. The minimum atomic E-state index is -0.570. The molecule has 0 aliphatic carbocycles. The van der Waals surface area contributed by atoms with Crippen LogP contribution in [-0.2, 0) is 26.4 Å². The molecular weight excluding hydrogens is 472 g/mol. The van der Waals surface area contributed by atoms with E-state index in [-0.39, 0.29) is 18.3 Å². The van der Waals surface area contributed by atoms with Crippen molar-refractivity contribution in [3.05, 3.63) is 137 Å². The Hall–Kier alpha value is -4.22. The summed E-state index contributed by atoms with van der Waals surface area (Å²) >= 11 is 0. The molecule has 0 unspecified atom stereocenters. The van der Waals surface area contributed by atoms with Crippen LogP contribution in [0, 0.1) is 0 Å². The molecule has 0 atom stereocenters. The predicted octanol–water partition coefficient (Wildman–Crippen LogP) is 5.70. The maximum atomic E-state index is 13.2. The first-order valence-electron chi connectivity index (χ1n) is 13.1. The molecule has 0 amide bonds. The van der Waals surface area contributed by atoms with E-state index in [0.29, 0.717) is 26.1 Å². The van der Waals surface area contributed by atoms with Crippen molar-refractivity contribution >= 4 is 17.8 Å². The Labute approximate surface area is 224 Å². The molecule has 1 saturated heterocycles. The van der Waals surface area contributed by atoms with Gasteiger partial charge in [-0.15, -0.1) is 0 Å². The van der Waals surface area contributed by atoms with Gasteiger partial charge in [0.25, 0.3) is 0 Å². The van der Waals surface area contributed by atoms with Crippen molar-refractivity contribution in [1.82, 2.24) is 9.47 Å². The van der Waals surface area contributed by atoms with Gasteiger partial charge in [0.1, 0.15) is 6.54 Å². The van der Waals surface area contributed by atoms with Gasteiger partial charge >= 0.3 is 5.97 Å². The van der Waals surface area contributed by atoms with E-state index >= 15 is 0 Å². The van der Waals surface area contributed by atoms with Gasteiger partial charge in [-0.1, -0.05) is 91.0 Å². The van der Waals surface area contributed by atoms with Crippen molar-refractivity contribution < 1.29 is 14.3 Å². The Balaban J connectivity index is 1.57. The fourth-order valence-corrected chi connectivity index (χ4v) is 5.47. The summed E-state index contributed by atoms with van der Waals surface area (Å²) in [4.78, 5) is 27.5. The second kappa shape index (κ2) is 11.4. The molecule has 0 N–H and O–H groups in total. The van der Waals surface area contributed by atoms with Gasteiger partial charge in [0.2, 0.25) is 0 Å². The average molecular weight is 505 g/mol. The SMILES string of the molecule is CCOC(=O)Cn1ccc(/C=C2/CN(C(c3ccccc3)(c3ccccc3)c3ccccc3)CCC2=O)c1. The van der Waals surface area contributed by atoms with Crippen LogP contribution in [-0.4, -0.2) is 40.9 Å². The van der Waals surface area contributed by atoms with E-state index in [2.05, 4.69) is 77.7 Å². The largest absolute Gasteiger partial charge is 0.465 e. The molecule has 3 aromatic carbocycles. The Bertz CT molecular complexity index is 1310. The number of nitrogens with zero attached hydrogens (tertiary/aromatic N) is 2. The molecular formula is C33H32N2O3. The molecule has 0 saturated carbocycles. The van der Waals surface area contributed by atoms with Gasteiger partial charge in [-0.3, -0.25) is 14.5 Å². The lowest BCUT2D eigenvalue weighted by Gasteiger charge is -2.47. The minimum absolute atomic E-state index is 0.149. The summed E-state index contributed by atoms with van der Waals surface area (Å²) in [6.07, 6.45) is 6.12. The average Bonchev–Trinajstić information content (AvgIpc) is 3.39. The van der Waals surface area contributed by atoms with Crippen LogP contribution in [0.2, 0.25) is 0 Å². The van der Waals surface area contributed by atoms with Crippen molar-refractivity contribution in [3.63, 3.8) is 0 Å². The lowest BCUT2D eigenvalue weighted by molar-refractivity contribution is -0.143. The van der Waals surface area contributed by atoms with Crippen LogP contribution in [0.15, 0.2) is 115 Å². The quantitative estimate of drug-likeness (QED) is 0.175. The smallest absolute Gasteiger partial charge is 0.325 e. The first-order chi connectivity index (χ1) is 18.6. The van der Waals surface area contributed by atoms with Crippen LogP contribution in [0.3, 0.4) is 0 Å². The summed E-state index contributed by atoms with van der Waals surface area (Å²) in [7, 11) is 0. The molecule has 0 spiro atoms. The van der Waals surface area contributed by atoms with Gasteiger partial charge in [-0.05, 0) is 41.3 Å². The minimum Gasteiger partial charge on any atom is -0.465 e. The van der Waals surface area contributed by atoms with Crippen LogP contribution < -0.4 is 0 Å². The number of likely N-dealkylation sites (tertiary alicyclic amines) is 1. The molecule has 1 aliphatic rings. The number of rotatable bonds is 8. The predicted molar refractivity (Wildman–Crippen MR) is 149 cm³/mol. The zero-order valence-corrected chi connectivity index (χ0v) is 21.6. The Morgan fingerprint density at radius 1 is 0.868 bits per heavy atom. The van der Waals surface area contributed by atoms with E-state index < -0.39 is 5.54 Å². The van der Waals surface area contributed by atoms with Gasteiger partial charge in [-0.25, -0.2) is 0 Å². The zero-order chi connectivity index (χ0) is 26.4. The van der Waals surface area contributed by atoms with Crippen molar-refractivity contribution in [3.8, 4) is 0 Å². The summed E-state index contributed by atoms with van der Waals surface area (Å²) in [6.45, 7) is 3.44. The third-order valence-electron chi connectivity index (χ3n) is 7.11. The molecule has 192 valence electrons. The van der Waals surface area contributed by atoms with Gasteiger partial charge in [0.05, 0.1) is 12.1 Å². The summed E-state index contributed by atoms with van der Waals surface area (Å²) in [5.41, 5.74) is 4.56. The Morgan fingerprint density at radius 2 is 1.42 bits per heavy atom. The normalized spacial score (nSPS) is 15.5. The van der Waals surface area contributed by atoms with E-state index in [4.69, 9.17) is 4.74 Å². The third-order valence-corrected chi connectivity index (χ3v) is 7.11. The van der Waals surface area contributed by atoms with Crippen molar-refractivity contribution in [1.29, 1.82) is 0 Å². The first kappa shape index (κ1) is 25.4. The lowest BCUT2D eigenvalue weighted by Crippen LogP contribution is -2.52. The molecule has 5 rings (SSSR count). The van der Waals surface area contributed by atoms with Gasteiger partial charge in [0, 0.05) is 37.5 Å². The van der Waals surface area contributed by atoms with Gasteiger partial charge < -0.3 is 9.30 Å². The number of ether oxygens (including phenoxy) is 1. The number of aromatic nitrogens is 1. The van der Waals surface area contributed by atoms with Crippen LogP contribution in [0.5, 0.6) is 0 Å². The van der Waals surface area contributed by atoms with Crippen LogP contribution in [0.4, 0.5) is 0 Å². The van der Waals surface area contributed by atoms with Crippen LogP contribution in [0.25, 0.3) is 6.08 Å². The first-order valence-corrected chi connectivity index (χ1v) is 13.1. The maximum absolute atomic E-state index is 13.2. The fourth-order valence-electron chi connectivity index (χ4n) is 5.47. The number of Topliss-reactive ketones (excluding diaryl/α,β-unsaturated/α-hetero) is 1. The molecule has 5 nitrogen and oxygen atoms in total. The van der Waals surface area contributed by atoms with E-state index in [1.807, 2.05) is 42.7 Å². The number of piperidine rings is 1. The highest BCUT2D eigenvalue weighted by molar-refractivity contribution is 6.00. The lowest BCUT2D eigenvalue weighted by atomic mass is 9.74. The number of hydrogen-bond acceptors (Lipinski definition) is 4. The summed E-state index contributed by atoms with van der Waals surface area (Å²) in [5.74, 6) is -0.122. The molecule has 2 heterocycles. The summed E-state index contributed by atoms with van der Waals surface area (Å²) < 4.78 is 6.85. The molecule has 0 bridgehead atoms. The van der Waals surface area contributed by atoms with Crippen molar-refractivity contribution in [2.24, 2.45) is 0 Å². The maximum Gasteiger partial charge on any atom is 0.325 e. The molecule has 1 fully saturated rings. The van der Waals surface area contributed by atoms with E-state index in [9.17, 15) is 9.59 Å². The molecule has 1 aromatic heterocycles. The molecule has 4 aromatic rings. The number of carbonyl (C=O) groups is 2. The monoisotopic (exact) mass is 504 g/mol. The van der Waals surface area contributed by atoms with Crippen LogP contribution >= 0.6 is 0 Å². The molecule has 5 heteroatoms. The second-order valence-electron chi connectivity index (χ2n) is 9.49. The molecule has 38 heavy (non-hydrogen) atoms. The van der Waals surface area contributed by atoms with Crippen molar-refractivity contribution in [2.75, 3.05) is 19.7 Å². The standard InChI is InChI=1S/C33H32N2O3/c1-2-38-32(37)25-34-20-18-26(23-34)22-27-24-35(21-19-31(27)36)33(28-12-6-3-7-13-28,29-14-8-4-9-15-29)30-16-10-5-11-17-30/h3-18,20,22-23H,2,19,21,24-25H2,1H3/b27-22-. The topological polar surface area (TPSA) is 51.5 Å². The Morgan fingerprint density at radius 3 is 1.95 bits per heavy atom. The fraction of sp³-hybridized carbons (Fsp3) is 0.212. The highest BCUT2D eigenvalue weighted by Gasteiger charge is 2.44. The highest BCUT2D eigenvalue weighted by Crippen LogP contribution is 2.44. The number of hydrogen-bond donors (Lipinski definition) is 0. The number of benzene rings is 3. The highest BCUT2D eigenvalue weighted by atomic mass is 16.5. The zero-order valence-electron chi connectivity index (χ0n) is 21.6. The summed E-state index contributed by atoms with van der Waals surface area (Å²) in [6, 6.07) is 33.6. The number of ketones is 1. The third kappa shape index (κ3) is 5.11. The second-order valence-corrected chi connectivity index (χ2v) is 9.49. The number of carbonyl (C=O) groups excluding carboxylic acids is 2.